The highest BCUT2D eigenvalue weighted by molar-refractivity contribution is 9.10. The van der Waals surface area contributed by atoms with Gasteiger partial charge in [-0.15, -0.1) is 0 Å². The van der Waals surface area contributed by atoms with Crippen molar-refractivity contribution in [3.05, 3.63) is 16.9 Å². The summed E-state index contributed by atoms with van der Waals surface area (Å²) in [5.74, 6) is 0. The predicted molar refractivity (Wildman–Crippen MR) is 75.6 cm³/mol. The molecule has 20 heavy (non-hydrogen) atoms. The van der Waals surface area contributed by atoms with Gasteiger partial charge in [0.05, 0.1) is 23.8 Å². The number of halogens is 4. The fourth-order valence-corrected chi connectivity index (χ4v) is 2.19. The molecule has 0 aliphatic rings. The summed E-state index contributed by atoms with van der Waals surface area (Å²) in [6.45, 7) is 3.00. The summed E-state index contributed by atoms with van der Waals surface area (Å²) in [6.07, 6.45) is 0.163. The van der Waals surface area contributed by atoms with Crippen LogP contribution < -0.4 is 5.32 Å². The van der Waals surface area contributed by atoms with Crippen molar-refractivity contribution in [3.63, 3.8) is 0 Å². The van der Waals surface area contributed by atoms with Crippen LogP contribution in [-0.2, 0) is 6.54 Å². The van der Waals surface area contributed by atoms with Crippen molar-refractivity contribution in [2.45, 2.75) is 32.1 Å². The Hall–Kier alpha value is -0.600. The van der Waals surface area contributed by atoms with E-state index < -0.39 is 12.7 Å². The van der Waals surface area contributed by atoms with Crippen molar-refractivity contribution in [2.75, 3.05) is 26.7 Å². The van der Waals surface area contributed by atoms with Gasteiger partial charge < -0.3 is 5.32 Å². The van der Waals surface area contributed by atoms with E-state index in [1.54, 1.807) is 6.20 Å². The SMILES string of the molecule is C[C@H](Cn1cc(Br)cn1)NCCCN(C)CC(F)(F)F. The summed E-state index contributed by atoms with van der Waals surface area (Å²) < 4.78 is 39.1. The lowest BCUT2D eigenvalue weighted by atomic mass is 10.3. The van der Waals surface area contributed by atoms with Crippen molar-refractivity contribution in [1.29, 1.82) is 0 Å². The molecule has 0 aliphatic carbocycles. The van der Waals surface area contributed by atoms with E-state index in [1.165, 1.54) is 11.9 Å². The van der Waals surface area contributed by atoms with Crippen LogP contribution in [0.2, 0.25) is 0 Å². The summed E-state index contributed by atoms with van der Waals surface area (Å²) in [4.78, 5) is 1.29. The van der Waals surface area contributed by atoms with Crippen molar-refractivity contribution in [2.24, 2.45) is 0 Å². The van der Waals surface area contributed by atoms with Gasteiger partial charge in [-0.25, -0.2) is 0 Å². The van der Waals surface area contributed by atoms with Gasteiger partial charge in [0.2, 0.25) is 0 Å². The van der Waals surface area contributed by atoms with Crippen molar-refractivity contribution < 1.29 is 13.2 Å². The fraction of sp³-hybridized carbons (Fsp3) is 0.750. The molecule has 0 fully saturated rings. The number of hydrogen-bond acceptors (Lipinski definition) is 3. The molecule has 1 heterocycles. The van der Waals surface area contributed by atoms with Crippen LogP contribution in [0.4, 0.5) is 13.2 Å². The van der Waals surface area contributed by atoms with Crippen LogP contribution in [0.15, 0.2) is 16.9 Å². The highest BCUT2D eigenvalue weighted by atomic mass is 79.9. The molecule has 0 bridgehead atoms. The van der Waals surface area contributed by atoms with E-state index in [9.17, 15) is 13.2 Å². The van der Waals surface area contributed by atoms with E-state index in [4.69, 9.17) is 0 Å². The zero-order chi connectivity index (χ0) is 15.2. The molecule has 1 aromatic heterocycles. The van der Waals surface area contributed by atoms with Crippen LogP contribution in [0.3, 0.4) is 0 Å². The second-order valence-corrected chi connectivity index (χ2v) is 5.86. The van der Waals surface area contributed by atoms with Gasteiger partial charge in [-0.2, -0.15) is 18.3 Å². The van der Waals surface area contributed by atoms with Crippen LogP contribution >= 0.6 is 15.9 Å². The second-order valence-electron chi connectivity index (χ2n) is 4.94. The lowest BCUT2D eigenvalue weighted by Gasteiger charge is -2.19. The average molecular weight is 357 g/mol. The highest BCUT2D eigenvalue weighted by Gasteiger charge is 2.28. The molecule has 0 unspecified atom stereocenters. The molecule has 1 N–H and O–H groups in total. The molecule has 1 atom stereocenters. The first-order chi connectivity index (χ1) is 9.26. The summed E-state index contributed by atoms with van der Waals surface area (Å²) in [6, 6.07) is 0.217. The number of aromatic nitrogens is 2. The summed E-state index contributed by atoms with van der Waals surface area (Å²) in [7, 11) is 1.48. The molecule has 116 valence electrons. The van der Waals surface area contributed by atoms with Gasteiger partial charge >= 0.3 is 6.18 Å². The fourth-order valence-electron chi connectivity index (χ4n) is 1.87. The molecule has 0 saturated carbocycles. The van der Waals surface area contributed by atoms with E-state index in [-0.39, 0.29) is 6.04 Å². The van der Waals surface area contributed by atoms with E-state index in [0.29, 0.717) is 19.5 Å². The highest BCUT2D eigenvalue weighted by Crippen LogP contribution is 2.15. The lowest BCUT2D eigenvalue weighted by molar-refractivity contribution is -0.143. The lowest BCUT2D eigenvalue weighted by Crippen LogP contribution is -2.35. The quantitative estimate of drug-likeness (QED) is 0.726. The first kappa shape index (κ1) is 17.5. The number of alkyl halides is 3. The normalized spacial score (nSPS) is 13.9. The van der Waals surface area contributed by atoms with Gasteiger partial charge in [0.1, 0.15) is 0 Å². The van der Waals surface area contributed by atoms with Gasteiger partial charge in [0.15, 0.2) is 0 Å². The molecular formula is C12H20BrF3N4. The largest absolute Gasteiger partial charge is 0.401 e. The summed E-state index contributed by atoms with van der Waals surface area (Å²) >= 11 is 3.32. The third-order valence-corrected chi connectivity index (χ3v) is 3.13. The number of nitrogens with one attached hydrogen (secondary N) is 1. The van der Waals surface area contributed by atoms with Gasteiger partial charge in [0, 0.05) is 12.2 Å². The predicted octanol–water partition coefficient (Wildman–Crippen LogP) is 2.51. The third-order valence-electron chi connectivity index (χ3n) is 2.72. The Balaban J connectivity index is 2.11. The minimum absolute atomic E-state index is 0.217. The zero-order valence-corrected chi connectivity index (χ0v) is 13.2. The van der Waals surface area contributed by atoms with Crippen LogP contribution in [0.25, 0.3) is 0 Å². The minimum Gasteiger partial charge on any atom is -0.312 e. The van der Waals surface area contributed by atoms with Gasteiger partial charge in [0.25, 0.3) is 0 Å². The van der Waals surface area contributed by atoms with Crippen molar-refractivity contribution in [1.82, 2.24) is 20.0 Å². The van der Waals surface area contributed by atoms with Crippen molar-refractivity contribution >= 4 is 15.9 Å². The molecule has 0 amide bonds. The Bertz CT molecular complexity index is 394. The van der Waals surface area contributed by atoms with Crippen LogP contribution in [0.5, 0.6) is 0 Å². The number of hydrogen-bond donors (Lipinski definition) is 1. The Kier molecular flexibility index (Phi) is 6.97. The monoisotopic (exact) mass is 356 g/mol. The maximum absolute atomic E-state index is 12.1. The standard InChI is InChI=1S/C12H20BrF3N4/c1-10(7-20-8-11(13)6-18-20)17-4-3-5-19(2)9-12(14,15)16/h6,8,10,17H,3-5,7,9H2,1-2H3/t10-/m1/s1. The molecule has 8 heteroatoms. The van der Waals surface area contributed by atoms with Crippen molar-refractivity contribution in [3.8, 4) is 0 Å². The van der Waals surface area contributed by atoms with E-state index in [0.717, 1.165) is 11.0 Å². The van der Waals surface area contributed by atoms with E-state index in [1.807, 2.05) is 17.8 Å². The molecule has 0 radical (unpaired) electrons. The van der Waals surface area contributed by atoms with Crippen LogP contribution in [0, 0.1) is 0 Å². The first-order valence-corrected chi connectivity index (χ1v) is 7.22. The molecule has 4 nitrogen and oxygen atoms in total. The maximum Gasteiger partial charge on any atom is 0.401 e. The Labute approximate surface area is 125 Å². The van der Waals surface area contributed by atoms with Crippen LogP contribution in [0.1, 0.15) is 13.3 Å². The average Bonchev–Trinajstić information content (AvgIpc) is 2.68. The number of nitrogens with zero attached hydrogens (tertiary/aromatic N) is 3. The molecule has 0 saturated heterocycles. The molecule has 0 spiro atoms. The minimum atomic E-state index is -4.12. The summed E-state index contributed by atoms with van der Waals surface area (Å²) in [5, 5.41) is 7.42. The Morgan fingerprint density at radius 1 is 1.50 bits per heavy atom. The smallest absolute Gasteiger partial charge is 0.312 e. The summed E-state index contributed by atoms with van der Waals surface area (Å²) in [5.41, 5.74) is 0. The zero-order valence-electron chi connectivity index (χ0n) is 11.6. The Morgan fingerprint density at radius 2 is 2.20 bits per heavy atom. The second kappa shape index (κ2) is 7.99. The van der Waals surface area contributed by atoms with E-state index in [2.05, 4.69) is 26.3 Å². The van der Waals surface area contributed by atoms with Gasteiger partial charge in [-0.1, -0.05) is 0 Å². The van der Waals surface area contributed by atoms with E-state index >= 15 is 0 Å². The molecule has 1 aromatic rings. The van der Waals surface area contributed by atoms with Gasteiger partial charge in [-0.3, -0.25) is 9.58 Å². The number of rotatable bonds is 8. The first-order valence-electron chi connectivity index (χ1n) is 6.43. The topological polar surface area (TPSA) is 33.1 Å². The van der Waals surface area contributed by atoms with Gasteiger partial charge in [-0.05, 0) is 49.4 Å². The maximum atomic E-state index is 12.1. The molecule has 0 aromatic carbocycles. The molecule has 0 aliphatic heterocycles. The molecule has 1 rings (SSSR count). The Morgan fingerprint density at radius 3 is 2.75 bits per heavy atom. The van der Waals surface area contributed by atoms with Crippen LogP contribution in [-0.4, -0.2) is 53.6 Å². The molecular weight excluding hydrogens is 337 g/mol. The third kappa shape index (κ3) is 7.86.